The number of nitrogen functional groups attached to an aromatic ring is 1. The Labute approximate surface area is 144 Å². The van der Waals surface area contributed by atoms with Crippen LogP contribution in [0.5, 0.6) is 0 Å². The molecule has 7 nitrogen and oxygen atoms in total. The second-order valence-electron chi connectivity index (χ2n) is 4.84. The molecule has 3 N–H and O–H groups in total. The van der Waals surface area contributed by atoms with Crippen LogP contribution in [0.1, 0.15) is 0 Å². The summed E-state index contributed by atoms with van der Waals surface area (Å²) in [5.74, 6) is 0.196. The average molecular weight is 364 g/mol. The average Bonchev–Trinajstić information content (AvgIpc) is 3.21. The van der Waals surface area contributed by atoms with Crippen LogP contribution in [-0.2, 0) is 4.79 Å². The molecule has 118 valence electrons. The zero-order chi connectivity index (χ0) is 15.8. The van der Waals surface area contributed by atoms with Gasteiger partial charge in [0, 0.05) is 17.1 Å². The van der Waals surface area contributed by atoms with Crippen molar-refractivity contribution in [2.45, 2.75) is 9.24 Å². The Kier molecular flexibility index (Phi) is 3.87. The fourth-order valence-electron chi connectivity index (χ4n) is 2.33. The lowest BCUT2D eigenvalue weighted by Gasteiger charge is -2.13. The molecule has 3 heterocycles. The van der Waals surface area contributed by atoms with E-state index in [1.807, 2.05) is 18.2 Å². The van der Waals surface area contributed by atoms with Gasteiger partial charge in [0.1, 0.15) is 0 Å². The van der Waals surface area contributed by atoms with Gasteiger partial charge in [-0.1, -0.05) is 23.1 Å². The number of anilines is 3. The quantitative estimate of drug-likeness (QED) is 0.802. The number of fused-ring (bicyclic) bond motifs is 3. The molecule has 23 heavy (non-hydrogen) atoms. The molecule has 1 aromatic carbocycles. The topological polar surface area (TPSA) is 96.5 Å². The summed E-state index contributed by atoms with van der Waals surface area (Å²) in [5, 5.41) is 12.0. The number of hydrogen-bond donors (Lipinski definition) is 2. The highest BCUT2D eigenvalue weighted by Crippen LogP contribution is 2.43. The van der Waals surface area contributed by atoms with Gasteiger partial charge in [0.05, 0.1) is 18.0 Å². The van der Waals surface area contributed by atoms with Crippen molar-refractivity contribution in [1.29, 1.82) is 0 Å². The van der Waals surface area contributed by atoms with Crippen molar-refractivity contribution >= 4 is 62.4 Å². The molecule has 0 radical (unpaired) electrons. The Bertz CT molecular complexity index is 805. The third-order valence-corrected chi connectivity index (χ3v) is 6.27. The molecule has 0 saturated heterocycles. The fraction of sp³-hybridized carbons (Fsp3) is 0.231. The molecule has 0 bridgehead atoms. The maximum atomic E-state index is 12.1. The molecule has 0 saturated carbocycles. The summed E-state index contributed by atoms with van der Waals surface area (Å²) in [6.07, 6.45) is 0. The predicted molar refractivity (Wildman–Crippen MR) is 95.6 cm³/mol. The van der Waals surface area contributed by atoms with E-state index in [-0.39, 0.29) is 11.7 Å². The van der Waals surface area contributed by atoms with Gasteiger partial charge in [-0.05, 0) is 30.0 Å². The Morgan fingerprint density at radius 2 is 2.35 bits per heavy atom. The summed E-state index contributed by atoms with van der Waals surface area (Å²) in [6, 6.07) is 5.94. The molecule has 2 aliphatic rings. The van der Waals surface area contributed by atoms with Crippen LogP contribution < -0.4 is 16.0 Å². The molecule has 0 atom stereocenters. The van der Waals surface area contributed by atoms with Crippen LogP contribution in [0.2, 0.25) is 0 Å². The Morgan fingerprint density at radius 3 is 3.17 bits per heavy atom. The maximum Gasteiger partial charge on any atom is 0.234 e. The Hall–Kier alpha value is -1.78. The second kappa shape index (κ2) is 6.02. The Balaban J connectivity index is 1.40. The number of amides is 1. The standard InChI is InChI=1S/C13H12N6OS3/c14-11-17-18-13(23-11)21-6-10(20)16-7-1-2-9-8(5-7)19-4-3-15-12(19)22-9/h1-2,5H,3-4,6H2,(H2,14,17)(H,16,20). The number of aromatic nitrogens is 2. The molecular weight excluding hydrogens is 352 g/mol. The fourth-order valence-corrected chi connectivity index (χ4v) is 4.83. The van der Waals surface area contributed by atoms with Crippen molar-refractivity contribution in [3.63, 3.8) is 0 Å². The molecule has 0 aliphatic carbocycles. The van der Waals surface area contributed by atoms with E-state index in [0.717, 1.165) is 29.6 Å². The van der Waals surface area contributed by atoms with Crippen LogP contribution >= 0.6 is 34.9 Å². The van der Waals surface area contributed by atoms with E-state index in [1.54, 1.807) is 11.8 Å². The number of hydrogen-bond acceptors (Lipinski definition) is 9. The van der Waals surface area contributed by atoms with Crippen molar-refractivity contribution in [1.82, 2.24) is 10.2 Å². The number of amidine groups is 1. The normalized spacial score (nSPS) is 15.3. The smallest absolute Gasteiger partial charge is 0.234 e. The van der Waals surface area contributed by atoms with Gasteiger partial charge in [0.2, 0.25) is 11.0 Å². The molecule has 10 heteroatoms. The highest BCUT2D eigenvalue weighted by molar-refractivity contribution is 8.14. The van der Waals surface area contributed by atoms with E-state index >= 15 is 0 Å². The first-order chi connectivity index (χ1) is 11.2. The molecule has 0 unspecified atom stereocenters. The first kappa shape index (κ1) is 14.8. The van der Waals surface area contributed by atoms with E-state index in [2.05, 4.69) is 25.4 Å². The van der Waals surface area contributed by atoms with Crippen molar-refractivity contribution in [3.8, 4) is 0 Å². The lowest BCUT2D eigenvalue weighted by Crippen LogP contribution is -2.21. The lowest BCUT2D eigenvalue weighted by molar-refractivity contribution is -0.113. The second-order valence-corrected chi connectivity index (χ2v) is 8.08. The number of carbonyl (C=O) groups is 1. The molecule has 0 spiro atoms. The van der Waals surface area contributed by atoms with Gasteiger partial charge < -0.3 is 16.0 Å². The molecule has 2 aliphatic heterocycles. The first-order valence-electron chi connectivity index (χ1n) is 6.84. The van der Waals surface area contributed by atoms with E-state index in [4.69, 9.17) is 5.73 Å². The highest BCUT2D eigenvalue weighted by atomic mass is 32.2. The minimum absolute atomic E-state index is 0.0790. The number of carbonyl (C=O) groups excluding carboxylic acids is 1. The molecule has 1 aromatic heterocycles. The maximum absolute atomic E-state index is 12.1. The lowest BCUT2D eigenvalue weighted by atomic mass is 10.2. The summed E-state index contributed by atoms with van der Waals surface area (Å²) in [7, 11) is 0. The van der Waals surface area contributed by atoms with Crippen LogP contribution in [-0.4, -0.2) is 40.1 Å². The SMILES string of the molecule is Nc1nnc(SCC(=O)Nc2ccc3c(c2)N2CCN=C2S3)s1. The van der Waals surface area contributed by atoms with Gasteiger partial charge >= 0.3 is 0 Å². The van der Waals surface area contributed by atoms with Crippen molar-refractivity contribution in [2.75, 3.05) is 34.8 Å². The van der Waals surface area contributed by atoms with Crippen molar-refractivity contribution in [2.24, 2.45) is 4.99 Å². The zero-order valence-corrected chi connectivity index (χ0v) is 14.3. The van der Waals surface area contributed by atoms with Gasteiger partial charge in [-0.25, -0.2) is 0 Å². The van der Waals surface area contributed by atoms with Crippen LogP contribution in [0.3, 0.4) is 0 Å². The number of nitrogens with one attached hydrogen (secondary N) is 1. The molecule has 4 rings (SSSR count). The van der Waals surface area contributed by atoms with Crippen LogP contribution in [0.15, 0.2) is 32.4 Å². The van der Waals surface area contributed by atoms with E-state index in [0.29, 0.717) is 9.47 Å². The first-order valence-corrected chi connectivity index (χ1v) is 9.46. The molecular formula is C13H12N6OS3. The number of rotatable bonds is 4. The van der Waals surface area contributed by atoms with Gasteiger partial charge in [-0.3, -0.25) is 9.79 Å². The third kappa shape index (κ3) is 3.01. The van der Waals surface area contributed by atoms with Gasteiger partial charge in [-0.15, -0.1) is 10.2 Å². The minimum atomic E-state index is -0.0790. The van der Waals surface area contributed by atoms with Crippen LogP contribution in [0.25, 0.3) is 0 Å². The van der Waals surface area contributed by atoms with Gasteiger partial charge in [-0.2, -0.15) is 0 Å². The molecule has 1 amide bonds. The number of aliphatic imine (C=N–C) groups is 1. The van der Waals surface area contributed by atoms with Gasteiger partial charge in [0.25, 0.3) is 0 Å². The summed E-state index contributed by atoms with van der Waals surface area (Å²) in [6.45, 7) is 1.74. The molecule has 0 fully saturated rings. The summed E-state index contributed by atoms with van der Waals surface area (Å²) < 4.78 is 0.695. The summed E-state index contributed by atoms with van der Waals surface area (Å²) in [5.41, 5.74) is 7.43. The van der Waals surface area contributed by atoms with Crippen LogP contribution in [0.4, 0.5) is 16.5 Å². The zero-order valence-electron chi connectivity index (χ0n) is 11.9. The van der Waals surface area contributed by atoms with Gasteiger partial charge in [0.15, 0.2) is 9.51 Å². The minimum Gasteiger partial charge on any atom is -0.374 e. The number of nitrogens with zero attached hydrogens (tertiary/aromatic N) is 4. The van der Waals surface area contributed by atoms with Crippen molar-refractivity contribution < 1.29 is 4.79 Å². The number of nitrogens with two attached hydrogens (primary N) is 1. The molecule has 2 aromatic rings. The van der Waals surface area contributed by atoms with E-state index in [1.165, 1.54) is 28.0 Å². The predicted octanol–water partition coefficient (Wildman–Crippen LogP) is 2.13. The van der Waals surface area contributed by atoms with E-state index in [9.17, 15) is 4.79 Å². The summed E-state index contributed by atoms with van der Waals surface area (Å²) in [4.78, 5) is 19.9. The highest BCUT2D eigenvalue weighted by Gasteiger charge is 2.29. The van der Waals surface area contributed by atoms with E-state index < -0.39 is 0 Å². The number of benzene rings is 1. The largest absolute Gasteiger partial charge is 0.374 e. The van der Waals surface area contributed by atoms with Crippen molar-refractivity contribution in [3.05, 3.63) is 18.2 Å². The monoisotopic (exact) mass is 364 g/mol. The Morgan fingerprint density at radius 1 is 1.43 bits per heavy atom. The third-order valence-electron chi connectivity index (χ3n) is 3.29. The summed E-state index contributed by atoms with van der Waals surface area (Å²) >= 11 is 4.29. The number of thioether (sulfide) groups is 2. The van der Waals surface area contributed by atoms with Crippen LogP contribution in [0, 0.1) is 0 Å².